The number of nitrogens with two attached hydrogens (primary N) is 1. The van der Waals surface area contributed by atoms with Gasteiger partial charge < -0.3 is 11.1 Å². The third kappa shape index (κ3) is 2.68. The minimum Gasteiger partial charge on any atom is -0.370 e. The number of carbonyl (C=O) groups excluding carboxylic acids is 1. The second-order valence-corrected chi connectivity index (χ2v) is 3.99. The van der Waals surface area contributed by atoms with Crippen molar-refractivity contribution >= 4 is 17.3 Å². The minimum absolute atomic E-state index is 0.156. The zero-order valence-corrected chi connectivity index (χ0v) is 10.4. The molecule has 0 aliphatic heterocycles. The highest BCUT2D eigenvalue weighted by Crippen LogP contribution is 2.28. The van der Waals surface area contributed by atoms with E-state index in [-0.39, 0.29) is 16.9 Å². The molecule has 0 spiro atoms. The molecule has 1 atom stereocenters. The van der Waals surface area contributed by atoms with Crippen LogP contribution in [0.2, 0.25) is 0 Å². The average molecular weight is 277 g/mol. The number of benzene rings is 1. The first kappa shape index (κ1) is 13.4. The van der Waals surface area contributed by atoms with Crippen LogP contribution in [0.25, 0.3) is 0 Å². The molecule has 1 aromatic carbocycles. The topological polar surface area (TPSA) is 153 Å². The van der Waals surface area contributed by atoms with Gasteiger partial charge in [-0.05, 0) is 19.1 Å². The summed E-state index contributed by atoms with van der Waals surface area (Å²) in [6.07, 6.45) is 0. The summed E-state index contributed by atoms with van der Waals surface area (Å²) < 4.78 is 0. The Morgan fingerprint density at radius 3 is 2.85 bits per heavy atom. The van der Waals surface area contributed by atoms with E-state index in [9.17, 15) is 14.9 Å². The molecule has 10 nitrogen and oxygen atoms in total. The van der Waals surface area contributed by atoms with Gasteiger partial charge in [0, 0.05) is 11.6 Å². The van der Waals surface area contributed by atoms with Crippen molar-refractivity contribution in [2.75, 3.05) is 5.32 Å². The number of carbonyl (C=O) groups is 1. The van der Waals surface area contributed by atoms with Gasteiger partial charge in [0.1, 0.15) is 5.69 Å². The van der Waals surface area contributed by atoms with Crippen LogP contribution in [0, 0.1) is 10.1 Å². The molecule has 104 valence electrons. The number of anilines is 1. The number of primary amides is 1. The van der Waals surface area contributed by atoms with E-state index in [2.05, 4.69) is 25.9 Å². The predicted molar refractivity (Wildman–Crippen MR) is 67.8 cm³/mol. The van der Waals surface area contributed by atoms with Gasteiger partial charge in [-0.1, -0.05) is 5.21 Å². The van der Waals surface area contributed by atoms with Crippen molar-refractivity contribution in [3.05, 3.63) is 39.7 Å². The Hall–Kier alpha value is -3.04. The van der Waals surface area contributed by atoms with E-state index >= 15 is 0 Å². The normalized spacial score (nSPS) is 11.8. The molecule has 0 radical (unpaired) electrons. The fourth-order valence-corrected chi connectivity index (χ4v) is 1.61. The summed E-state index contributed by atoms with van der Waals surface area (Å²) in [5.41, 5.74) is 5.30. The molecule has 4 N–H and O–H groups in total. The number of aromatic nitrogens is 4. The van der Waals surface area contributed by atoms with Crippen LogP contribution in [0.4, 0.5) is 11.4 Å². The third-order valence-electron chi connectivity index (χ3n) is 2.60. The predicted octanol–water partition coefficient (Wildman–Crippen LogP) is 0.380. The van der Waals surface area contributed by atoms with Gasteiger partial charge in [-0.2, -0.15) is 5.21 Å². The number of amides is 1. The number of aromatic amines is 1. The first-order valence-corrected chi connectivity index (χ1v) is 5.57. The standard InChI is InChI=1S/C10H11N7O3/c1-5(10-13-15-16-14-10)12-7-4-6(9(11)18)2-3-8(7)17(19)20/h2-5,12H,1H3,(H2,11,18)(H,13,14,15,16). The summed E-state index contributed by atoms with van der Waals surface area (Å²) in [6, 6.07) is 3.39. The summed E-state index contributed by atoms with van der Waals surface area (Å²) >= 11 is 0. The van der Waals surface area contributed by atoms with Crippen LogP contribution in [0.3, 0.4) is 0 Å². The fourth-order valence-electron chi connectivity index (χ4n) is 1.61. The van der Waals surface area contributed by atoms with Crippen molar-refractivity contribution in [2.24, 2.45) is 5.73 Å². The zero-order valence-electron chi connectivity index (χ0n) is 10.4. The van der Waals surface area contributed by atoms with Gasteiger partial charge in [0.25, 0.3) is 5.69 Å². The maximum absolute atomic E-state index is 11.1. The molecule has 0 aliphatic carbocycles. The van der Waals surface area contributed by atoms with E-state index in [1.807, 2.05) is 0 Å². The highest BCUT2D eigenvalue weighted by Gasteiger charge is 2.19. The highest BCUT2D eigenvalue weighted by molar-refractivity contribution is 5.94. The lowest BCUT2D eigenvalue weighted by Gasteiger charge is -2.12. The van der Waals surface area contributed by atoms with E-state index < -0.39 is 16.9 Å². The van der Waals surface area contributed by atoms with Gasteiger partial charge in [-0.25, -0.2) is 0 Å². The van der Waals surface area contributed by atoms with Crippen LogP contribution in [0.1, 0.15) is 29.1 Å². The summed E-state index contributed by atoms with van der Waals surface area (Å²) in [4.78, 5) is 21.5. The Bertz CT molecular complexity index is 640. The Kier molecular flexibility index (Phi) is 3.55. The van der Waals surface area contributed by atoms with Gasteiger partial charge in [-0.15, -0.1) is 10.2 Å². The number of hydrogen-bond acceptors (Lipinski definition) is 7. The molecule has 2 rings (SSSR count). The largest absolute Gasteiger partial charge is 0.370 e. The van der Waals surface area contributed by atoms with Gasteiger partial charge in [-0.3, -0.25) is 14.9 Å². The summed E-state index contributed by atoms with van der Waals surface area (Å²) in [5, 5.41) is 27.1. The summed E-state index contributed by atoms with van der Waals surface area (Å²) in [6.45, 7) is 1.70. The van der Waals surface area contributed by atoms with Gasteiger partial charge >= 0.3 is 0 Å². The molecule has 0 aliphatic rings. The fraction of sp³-hybridized carbons (Fsp3) is 0.200. The number of nitrogens with one attached hydrogen (secondary N) is 2. The molecule has 1 heterocycles. The third-order valence-corrected chi connectivity index (χ3v) is 2.60. The maximum atomic E-state index is 11.1. The number of nitro groups is 1. The molecule has 1 unspecified atom stereocenters. The van der Waals surface area contributed by atoms with Crippen molar-refractivity contribution in [1.82, 2.24) is 20.6 Å². The molecule has 2 aromatic rings. The van der Waals surface area contributed by atoms with Gasteiger partial charge in [0.05, 0.1) is 11.0 Å². The van der Waals surface area contributed by atoms with Crippen molar-refractivity contribution < 1.29 is 9.72 Å². The van der Waals surface area contributed by atoms with Crippen molar-refractivity contribution in [3.8, 4) is 0 Å². The SMILES string of the molecule is CC(Nc1cc(C(N)=O)ccc1[N+](=O)[O-])c1nn[nH]n1. The maximum Gasteiger partial charge on any atom is 0.292 e. The van der Waals surface area contributed by atoms with Crippen LogP contribution in [-0.4, -0.2) is 31.5 Å². The van der Waals surface area contributed by atoms with Gasteiger partial charge in [0.2, 0.25) is 5.91 Å². The number of nitro benzene ring substituents is 1. The molecular weight excluding hydrogens is 266 g/mol. The Labute approximate surface area is 112 Å². The lowest BCUT2D eigenvalue weighted by atomic mass is 10.1. The molecule has 0 bridgehead atoms. The monoisotopic (exact) mass is 277 g/mol. The molecule has 1 amide bonds. The van der Waals surface area contributed by atoms with Crippen molar-refractivity contribution in [1.29, 1.82) is 0 Å². The van der Waals surface area contributed by atoms with Crippen molar-refractivity contribution in [3.63, 3.8) is 0 Å². The van der Waals surface area contributed by atoms with Crippen LogP contribution >= 0.6 is 0 Å². The summed E-state index contributed by atoms with van der Waals surface area (Å²) in [5.74, 6) is -0.334. The lowest BCUT2D eigenvalue weighted by Crippen LogP contribution is -2.14. The molecule has 1 aromatic heterocycles. The average Bonchev–Trinajstić information content (AvgIpc) is 2.92. The molecule has 0 fully saturated rings. The van der Waals surface area contributed by atoms with E-state index in [1.165, 1.54) is 18.2 Å². The van der Waals surface area contributed by atoms with Crippen LogP contribution in [0.5, 0.6) is 0 Å². The molecule has 10 heteroatoms. The minimum atomic E-state index is -0.671. The quantitative estimate of drug-likeness (QED) is 0.527. The van der Waals surface area contributed by atoms with E-state index in [4.69, 9.17) is 5.73 Å². The molecule has 20 heavy (non-hydrogen) atoms. The molecule has 0 saturated carbocycles. The van der Waals surface area contributed by atoms with E-state index in [0.717, 1.165) is 0 Å². The van der Waals surface area contributed by atoms with E-state index in [1.54, 1.807) is 6.92 Å². The van der Waals surface area contributed by atoms with Crippen LogP contribution < -0.4 is 11.1 Å². The number of H-pyrrole nitrogens is 1. The number of rotatable bonds is 5. The smallest absolute Gasteiger partial charge is 0.292 e. The number of nitrogens with zero attached hydrogens (tertiary/aromatic N) is 4. The van der Waals surface area contributed by atoms with Crippen molar-refractivity contribution in [2.45, 2.75) is 13.0 Å². The second-order valence-electron chi connectivity index (χ2n) is 3.99. The zero-order chi connectivity index (χ0) is 14.7. The Balaban J connectivity index is 2.35. The Morgan fingerprint density at radius 2 is 2.30 bits per heavy atom. The second kappa shape index (κ2) is 5.30. The van der Waals surface area contributed by atoms with Gasteiger partial charge in [0.15, 0.2) is 5.82 Å². The van der Waals surface area contributed by atoms with E-state index in [0.29, 0.717) is 5.82 Å². The molecular formula is C10H11N7O3. The lowest BCUT2D eigenvalue weighted by molar-refractivity contribution is -0.384. The summed E-state index contributed by atoms with van der Waals surface area (Å²) in [7, 11) is 0. The Morgan fingerprint density at radius 1 is 1.55 bits per heavy atom. The van der Waals surface area contributed by atoms with Crippen LogP contribution in [0.15, 0.2) is 18.2 Å². The molecule has 0 saturated heterocycles. The highest BCUT2D eigenvalue weighted by atomic mass is 16.6. The number of hydrogen-bond donors (Lipinski definition) is 3. The van der Waals surface area contributed by atoms with Crippen LogP contribution in [-0.2, 0) is 0 Å². The number of tetrazole rings is 1. The first-order chi connectivity index (χ1) is 9.49. The first-order valence-electron chi connectivity index (χ1n) is 5.57.